The highest BCUT2D eigenvalue weighted by molar-refractivity contribution is 5.85. The van der Waals surface area contributed by atoms with Crippen LogP contribution in [0.1, 0.15) is 18.4 Å². The van der Waals surface area contributed by atoms with Crippen molar-refractivity contribution in [2.75, 3.05) is 33.0 Å². The summed E-state index contributed by atoms with van der Waals surface area (Å²) in [6.07, 6.45) is 4.30. The van der Waals surface area contributed by atoms with E-state index in [2.05, 4.69) is 15.5 Å². The molecule has 1 fully saturated rings. The van der Waals surface area contributed by atoms with Gasteiger partial charge >= 0.3 is 0 Å². The van der Waals surface area contributed by atoms with Gasteiger partial charge in [-0.15, -0.1) is 12.4 Å². The van der Waals surface area contributed by atoms with E-state index >= 15 is 0 Å². The molecule has 7 heteroatoms. The molecule has 0 radical (unpaired) electrons. The molecule has 6 nitrogen and oxygen atoms in total. The second kappa shape index (κ2) is 8.56. The Kier molecular flexibility index (Phi) is 6.18. The predicted octanol–water partition coefficient (Wildman–Crippen LogP) is 2.79. The number of nitrogens with one attached hydrogen (secondary N) is 2. The lowest BCUT2D eigenvalue weighted by Gasteiger charge is -2.22. The van der Waals surface area contributed by atoms with Gasteiger partial charge in [-0.1, -0.05) is 0 Å². The van der Waals surface area contributed by atoms with Gasteiger partial charge in [0, 0.05) is 30.8 Å². The molecule has 0 aliphatic carbocycles. The maximum absolute atomic E-state index is 5.67. The number of rotatable bonds is 5. The fourth-order valence-corrected chi connectivity index (χ4v) is 3.27. The minimum Gasteiger partial charge on any atom is -0.486 e. The number of aromatic nitrogens is 2. The molecule has 1 unspecified atom stereocenters. The first-order chi connectivity index (χ1) is 11.9. The van der Waals surface area contributed by atoms with Crippen LogP contribution in [0, 0.1) is 5.92 Å². The van der Waals surface area contributed by atoms with Crippen molar-refractivity contribution >= 4 is 12.4 Å². The number of hydrogen-bond donors (Lipinski definition) is 2. The van der Waals surface area contributed by atoms with E-state index in [0.29, 0.717) is 19.1 Å². The van der Waals surface area contributed by atoms with E-state index in [0.717, 1.165) is 54.6 Å². The summed E-state index contributed by atoms with van der Waals surface area (Å²) in [6, 6.07) is 6.02. The van der Waals surface area contributed by atoms with Crippen molar-refractivity contribution in [3.05, 3.63) is 30.0 Å². The molecular weight excluding hydrogens is 342 g/mol. The highest BCUT2D eigenvalue weighted by Crippen LogP contribution is 2.34. The van der Waals surface area contributed by atoms with Crippen LogP contribution in [0.5, 0.6) is 11.5 Å². The quantitative estimate of drug-likeness (QED) is 0.852. The largest absolute Gasteiger partial charge is 0.486 e. The van der Waals surface area contributed by atoms with Crippen LogP contribution in [0.3, 0.4) is 0 Å². The van der Waals surface area contributed by atoms with Crippen molar-refractivity contribution in [1.29, 1.82) is 0 Å². The lowest BCUT2D eigenvalue weighted by molar-refractivity contribution is 0.0547. The average molecular weight is 366 g/mol. The Morgan fingerprint density at radius 1 is 1.16 bits per heavy atom. The molecular formula is C18H24ClN3O3. The van der Waals surface area contributed by atoms with Crippen LogP contribution in [0.4, 0.5) is 0 Å². The van der Waals surface area contributed by atoms with Crippen molar-refractivity contribution in [1.82, 2.24) is 15.5 Å². The monoisotopic (exact) mass is 365 g/mol. The van der Waals surface area contributed by atoms with Gasteiger partial charge in [0.1, 0.15) is 13.2 Å². The standard InChI is InChI=1S/C18H23N3O3.ClH/c1-2-13(12-22-5-1)9-19-10-15-11-20-21-18(15)14-3-4-16-17(8-14)24-7-6-23-16;/h3-4,8,11,13,19H,1-2,5-7,9-10,12H2,(H,20,21);1H. The number of fused-ring (bicyclic) bond motifs is 1. The first-order valence-corrected chi connectivity index (χ1v) is 8.61. The van der Waals surface area contributed by atoms with Crippen LogP contribution in [0.15, 0.2) is 24.4 Å². The molecule has 1 saturated heterocycles. The molecule has 1 aromatic carbocycles. The predicted molar refractivity (Wildman–Crippen MR) is 97.5 cm³/mol. The van der Waals surface area contributed by atoms with Gasteiger partial charge in [-0.3, -0.25) is 5.10 Å². The van der Waals surface area contributed by atoms with E-state index in [1.165, 1.54) is 12.8 Å². The number of H-pyrrole nitrogens is 1. The van der Waals surface area contributed by atoms with Crippen molar-refractivity contribution < 1.29 is 14.2 Å². The van der Waals surface area contributed by atoms with Gasteiger partial charge in [0.2, 0.25) is 0 Å². The van der Waals surface area contributed by atoms with E-state index in [4.69, 9.17) is 14.2 Å². The zero-order valence-electron chi connectivity index (χ0n) is 14.1. The maximum atomic E-state index is 5.67. The van der Waals surface area contributed by atoms with Gasteiger partial charge in [-0.25, -0.2) is 0 Å². The second-order valence-corrected chi connectivity index (χ2v) is 6.34. The summed E-state index contributed by atoms with van der Waals surface area (Å²) in [4.78, 5) is 0. The Balaban J connectivity index is 0.00000182. The smallest absolute Gasteiger partial charge is 0.162 e. The molecule has 2 N–H and O–H groups in total. The minimum atomic E-state index is 0. The molecule has 4 rings (SSSR count). The molecule has 25 heavy (non-hydrogen) atoms. The summed E-state index contributed by atoms with van der Waals surface area (Å²) in [5, 5.41) is 10.9. The first kappa shape index (κ1) is 18.0. The zero-order valence-corrected chi connectivity index (χ0v) is 14.9. The van der Waals surface area contributed by atoms with E-state index in [9.17, 15) is 0 Å². The van der Waals surface area contributed by atoms with Crippen LogP contribution >= 0.6 is 12.4 Å². The molecule has 1 atom stereocenters. The van der Waals surface area contributed by atoms with Crippen molar-refractivity contribution in [2.24, 2.45) is 5.92 Å². The Morgan fingerprint density at radius 3 is 2.88 bits per heavy atom. The summed E-state index contributed by atoms with van der Waals surface area (Å²) >= 11 is 0. The fraction of sp³-hybridized carbons (Fsp3) is 0.500. The van der Waals surface area contributed by atoms with Crippen molar-refractivity contribution in [3.63, 3.8) is 0 Å². The van der Waals surface area contributed by atoms with E-state index in [-0.39, 0.29) is 12.4 Å². The lowest BCUT2D eigenvalue weighted by atomic mass is 10.0. The molecule has 0 saturated carbocycles. The normalized spacial score (nSPS) is 19.3. The van der Waals surface area contributed by atoms with Gasteiger partial charge < -0.3 is 19.5 Å². The van der Waals surface area contributed by atoms with Crippen LogP contribution in [-0.2, 0) is 11.3 Å². The van der Waals surface area contributed by atoms with Gasteiger partial charge in [-0.05, 0) is 37.0 Å². The Bertz CT molecular complexity index is 686. The SMILES string of the molecule is Cl.c1cc2c(cc1-c1[nH]ncc1CNCC1CCCOC1)OCCO2. The number of aromatic amines is 1. The summed E-state index contributed by atoms with van der Waals surface area (Å²) < 4.78 is 16.8. The van der Waals surface area contributed by atoms with Gasteiger partial charge in [-0.2, -0.15) is 5.10 Å². The molecule has 2 aromatic rings. The first-order valence-electron chi connectivity index (χ1n) is 8.61. The molecule has 3 heterocycles. The highest BCUT2D eigenvalue weighted by Gasteiger charge is 2.16. The third-order valence-corrected chi connectivity index (χ3v) is 4.55. The molecule has 0 bridgehead atoms. The van der Waals surface area contributed by atoms with Crippen LogP contribution in [-0.4, -0.2) is 43.2 Å². The number of nitrogens with zero attached hydrogens (tertiary/aromatic N) is 1. The fourth-order valence-electron chi connectivity index (χ4n) is 3.27. The third kappa shape index (κ3) is 4.26. The maximum Gasteiger partial charge on any atom is 0.162 e. The average Bonchev–Trinajstić information content (AvgIpc) is 3.11. The molecule has 0 amide bonds. The van der Waals surface area contributed by atoms with E-state index in [1.807, 2.05) is 24.4 Å². The van der Waals surface area contributed by atoms with Gasteiger partial charge in [0.15, 0.2) is 11.5 Å². The topological polar surface area (TPSA) is 68.4 Å². The van der Waals surface area contributed by atoms with E-state index < -0.39 is 0 Å². The summed E-state index contributed by atoms with van der Waals surface area (Å²) in [7, 11) is 0. The summed E-state index contributed by atoms with van der Waals surface area (Å²) in [5.74, 6) is 2.22. The summed E-state index contributed by atoms with van der Waals surface area (Å²) in [6.45, 7) is 4.75. The number of hydrogen-bond acceptors (Lipinski definition) is 5. The minimum absolute atomic E-state index is 0. The molecule has 0 spiro atoms. The number of ether oxygens (including phenoxy) is 3. The lowest BCUT2D eigenvalue weighted by Crippen LogP contribution is -2.28. The van der Waals surface area contributed by atoms with Gasteiger partial charge in [0.25, 0.3) is 0 Å². The highest BCUT2D eigenvalue weighted by atomic mass is 35.5. The van der Waals surface area contributed by atoms with Gasteiger partial charge in [0.05, 0.1) is 18.5 Å². The molecule has 2 aliphatic heterocycles. The van der Waals surface area contributed by atoms with E-state index in [1.54, 1.807) is 0 Å². The number of benzene rings is 1. The Morgan fingerprint density at radius 2 is 2.04 bits per heavy atom. The zero-order chi connectivity index (χ0) is 16.2. The third-order valence-electron chi connectivity index (χ3n) is 4.55. The molecule has 1 aromatic heterocycles. The Labute approximate surface area is 153 Å². The van der Waals surface area contributed by atoms with Crippen LogP contribution < -0.4 is 14.8 Å². The second-order valence-electron chi connectivity index (χ2n) is 6.34. The van der Waals surface area contributed by atoms with Crippen molar-refractivity contribution in [3.8, 4) is 22.8 Å². The van der Waals surface area contributed by atoms with Crippen LogP contribution in [0.25, 0.3) is 11.3 Å². The molecule has 136 valence electrons. The summed E-state index contributed by atoms with van der Waals surface area (Å²) in [5.41, 5.74) is 3.25. The van der Waals surface area contributed by atoms with Crippen molar-refractivity contribution in [2.45, 2.75) is 19.4 Å². The number of halogens is 1. The molecule has 2 aliphatic rings. The van der Waals surface area contributed by atoms with Crippen LogP contribution in [0.2, 0.25) is 0 Å². The Hall–Kier alpha value is -1.76.